The largest absolute Gasteiger partial charge is 0.313 e. The topological polar surface area (TPSA) is 12.0 Å². The Balaban J connectivity index is 2.17. The molecule has 0 atom stereocenters. The number of hydrogen-bond acceptors (Lipinski definition) is 2. The Bertz CT molecular complexity index is 619. The summed E-state index contributed by atoms with van der Waals surface area (Å²) in [7, 11) is 0. The molecule has 0 spiro atoms. The van der Waals surface area contributed by atoms with Gasteiger partial charge in [-0.15, -0.1) is 0 Å². The van der Waals surface area contributed by atoms with Crippen molar-refractivity contribution < 1.29 is 4.39 Å². The van der Waals surface area contributed by atoms with Gasteiger partial charge in [-0.05, 0) is 54.9 Å². The molecule has 0 saturated carbocycles. The number of benzene rings is 2. The first kappa shape index (κ1) is 16.6. The average Bonchev–Trinajstić information content (AvgIpc) is 2.43. The third-order valence-corrected chi connectivity index (χ3v) is 4.51. The van der Waals surface area contributed by atoms with Crippen LogP contribution in [0.4, 0.5) is 4.39 Å². The molecule has 2 aromatic rings. The van der Waals surface area contributed by atoms with Crippen LogP contribution in [0.15, 0.2) is 46.2 Å². The molecule has 0 radical (unpaired) electrons. The van der Waals surface area contributed by atoms with E-state index in [4.69, 9.17) is 23.2 Å². The SMILES string of the molecule is CCCNCc1cc(F)cc(Sc2cc(Cl)ccc2Cl)c1. The first-order valence-corrected chi connectivity index (χ1v) is 8.29. The van der Waals surface area contributed by atoms with Gasteiger partial charge in [-0.2, -0.15) is 0 Å². The van der Waals surface area contributed by atoms with Crippen molar-refractivity contribution in [2.75, 3.05) is 6.54 Å². The van der Waals surface area contributed by atoms with Gasteiger partial charge in [0.2, 0.25) is 0 Å². The summed E-state index contributed by atoms with van der Waals surface area (Å²) in [6.45, 7) is 3.67. The van der Waals surface area contributed by atoms with Crippen LogP contribution in [0.3, 0.4) is 0 Å². The van der Waals surface area contributed by atoms with Crippen molar-refractivity contribution >= 4 is 35.0 Å². The summed E-state index contributed by atoms with van der Waals surface area (Å²) >= 11 is 13.5. The lowest BCUT2D eigenvalue weighted by molar-refractivity contribution is 0.615. The van der Waals surface area contributed by atoms with Crippen molar-refractivity contribution in [2.24, 2.45) is 0 Å². The van der Waals surface area contributed by atoms with Gasteiger partial charge in [-0.25, -0.2) is 4.39 Å². The molecule has 0 saturated heterocycles. The zero-order valence-corrected chi connectivity index (χ0v) is 14.0. The van der Waals surface area contributed by atoms with Crippen LogP contribution in [0.2, 0.25) is 10.0 Å². The summed E-state index contributed by atoms with van der Waals surface area (Å²) < 4.78 is 13.7. The summed E-state index contributed by atoms with van der Waals surface area (Å²) in [5.41, 5.74) is 0.920. The van der Waals surface area contributed by atoms with Gasteiger partial charge in [0.05, 0.1) is 5.02 Å². The van der Waals surface area contributed by atoms with E-state index in [-0.39, 0.29) is 5.82 Å². The van der Waals surface area contributed by atoms with Gasteiger partial charge in [0.15, 0.2) is 0 Å². The van der Waals surface area contributed by atoms with Crippen molar-refractivity contribution in [1.82, 2.24) is 5.32 Å². The monoisotopic (exact) mass is 343 g/mol. The van der Waals surface area contributed by atoms with E-state index in [1.54, 1.807) is 24.3 Å². The molecular weight excluding hydrogens is 328 g/mol. The van der Waals surface area contributed by atoms with Crippen LogP contribution < -0.4 is 5.32 Å². The fraction of sp³-hybridized carbons (Fsp3) is 0.250. The molecule has 0 bridgehead atoms. The minimum Gasteiger partial charge on any atom is -0.313 e. The zero-order valence-electron chi connectivity index (χ0n) is 11.6. The van der Waals surface area contributed by atoms with Crippen LogP contribution in [-0.4, -0.2) is 6.54 Å². The quantitative estimate of drug-likeness (QED) is 0.666. The van der Waals surface area contributed by atoms with E-state index >= 15 is 0 Å². The van der Waals surface area contributed by atoms with E-state index in [1.807, 2.05) is 6.07 Å². The van der Waals surface area contributed by atoms with Crippen molar-refractivity contribution in [2.45, 2.75) is 29.7 Å². The second-order valence-electron chi connectivity index (χ2n) is 4.65. The van der Waals surface area contributed by atoms with E-state index in [0.717, 1.165) is 28.3 Å². The maximum atomic E-state index is 13.7. The molecule has 2 rings (SSSR count). The van der Waals surface area contributed by atoms with Gasteiger partial charge >= 0.3 is 0 Å². The Hall–Kier alpha value is -0.740. The molecule has 0 fully saturated rings. The highest BCUT2D eigenvalue weighted by Gasteiger charge is 2.07. The van der Waals surface area contributed by atoms with E-state index in [0.29, 0.717) is 16.6 Å². The number of rotatable bonds is 6. The van der Waals surface area contributed by atoms with E-state index in [2.05, 4.69) is 12.2 Å². The molecule has 5 heteroatoms. The minimum atomic E-state index is -0.244. The maximum Gasteiger partial charge on any atom is 0.124 e. The molecule has 21 heavy (non-hydrogen) atoms. The van der Waals surface area contributed by atoms with Gasteiger partial charge in [0.1, 0.15) is 5.82 Å². The lowest BCUT2D eigenvalue weighted by Gasteiger charge is -2.08. The highest BCUT2D eigenvalue weighted by Crippen LogP contribution is 2.35. The Morgan fingerprint density at radius 2 is 1.95 bits per heavy atom. The Kier molecular flexibility index (Phi) is 6.37. The molecular formula is C16H16Cl2FNS. The lowest BCUT2D eigenvalue weighted by Crippen LogP contribution is -2.13. The van der Waals surface area contributed by atoms with Crippen LogP contribution in [0, 0.1) is 5.82 Å². The van der Waals surface area contributed by atoms with Crippen LogP contribution in [0.5, 0.6) is 0 Å². The molecule has 0 amide bonds. The fourth-order valence-electron chi connectivity index (χ4n) is 1.87. The van der Waals surface area contributed by atoms with E-state index < -0.39 is 0 Å². The lowest BCUT2D eigenvalue weighted by atomic mass is 10.2. The predicted octanol–water partition coefficient (Wildman–Crippen LogP) is 5.78. The van der Waals surface area contributed by atoms with Crippen LogP contribution in [-0.2, 0) is 6.54 Å². The minimum absolute atomic E-state index is 0.244. The molecule has 2 aromatic carbocycles. The van der Waals surface area contributed by atoms with Crippen LogP contribution in [0.1, 0.15) is 18.9 Å². The highest BCUT2D eigenvalue weighted by molar-refractivity contribution is 7.99. The van der Waals surface area contributed by atoms with Crippen molar-refractivity contribution in [3.8, 4) is 0 Å². The number of nitrogens with one attached hydrogen (secondary N) is 1. The van der Waals surface area contributed by atoms with Crippen molar-refractivity contribution in [3.63, 3.8) is 0 Å². The first-order valence-electron chi connectivity index (χ1n) is 6.71. The smallest absolute Gasteiger partial charge is 0.124 e. The third kappa shape index (κ3) is 5.19. The normalized spacial score (nSPS) is 10.9. The zero-order chi connectivity index (χ0) is 15.2. The Morgan fingerprint density at radius 1 is 1.14 bits per heavy atom. The Labute approximate surface area is 138 Å². The average molecular weight is 344 g/mol. The summed E-state index contributed by atoms with van der Waals surface area (Å²) in [6.07, 6.45) is 1.05. The summed E-state index contributed by atoms with van der Waals surface area (Å²) in [5, 5.41) is 4.49. The molecule has 0 unspecified atom stereocenters. The fourth-order valence-corrected chi connectivity index (χ4v) is 3.33. The van der Waals surface area contributed by atoms with Crippen molar-refractivity contribution in [1.29, 1.82) is 0 Å². The molecule has 112 valence electrons. The molecule has 0 aromatic heterocycles. The standard InChI is InChI=1S/C16H16Cl2FNS/c1-2-5-20-10-11-6-13(19)9-14(7-11)21-16-8-12(17)3-4-15(16)18/h3-4,6-9,20H,2,5,10H2,1H3. The molecule has 0 aliphatic carbocycles. The summed E-state index contributed by atoms with van der Waals surface area (Å²) in [5.74, 6) is -0.244. The van der Waals surface area contributed by atoms with Gasteiger partial charge in [0.25, 0.3) is 0 Å². The van der Waals surface area contributed by atoms with Gasteiger partial charge in [0, 0.05) is 21.4 Å². The number of halogens is 3. The molecule has 0 aliphatic heterocycles. The molecule has 0 aliphatic rings. The van der Waals surface area contributed by atoms with Crippen molar-refractivity contribution in [3.05, 3.63) is 57.8 Å². The maximum absolute atomic E-state index is 13.7. The van der Waals surface area contributed by atoms with Gasteiger partial charge < -0.3 is 5.32 Å². The number of hydrogen-bond donors (Lipinski definition) is 1. The second kappa shape index (κ2) is 8.04. The summed E-state index contributed by atoms with van der Waals surface area (Å²) in [6, 6.07) is 10.3. The van der Waals surface area contributed by atoms with E-state index in [1.165, 1.54) is 17.8 Å². The molecule has 0 heterocycles. The van der Waals surface area contributed by atoms with Crippen LogP contribution >= 0.6 is 35.0 Å². The Morgan fingerprint density at radius 3 is 2.71 bits per heavy atom. The predicted molar refractivity (Wildman–Crippen MR) is 89.0 cm³/mol. The molecule has 1 N–H and O–H groups in total. The molecule has 1 nitrogen and oxygen atoms in total. The van der Waals surface area contributed by atoms with E-state index in [9.17, 15) is 4.39 Å². The summed E-state index contributed by atoms with van der Waals surface area (Å²) in [4.78, 5) is 1.63. The highest BCUT2D eigenvalue weighted by atomic mass is 35.5. The second-order valence-corrected chi connectivity index (χ2v) is 6.61. The van der Waals surface area contributed by atoms with Gasteiger partial charge in [-0.3, -0.25) is 0 Å². The van der Waals surface area contributed by atoms with Crippen LogP contribution in [0.25, 0.3) is 0 Å². The third-order valence-electron chi connectivity index (χ3n) is 2.81. The first-order chi connectivity index (χ1) is 10.1. The van der Waals surface area contributed by atoms with Gasteiger partial charge in [-0.1, -0.05) is 41.9 Å².